The molecule has 2 amide bonds. The van der Waals surface area contributed by atoms with Gasteiger partial charge in [-0.1, -0.05) is 18.2 Å². The third-order valence-electron chi connectivity index (χ3n) is 5.22. The zero-order valence-electron chi connectivity index (χ0n) is 13.9. The fourth-order valence-electron chi connectivity index (χ4n) is 4.09. The second kappa shape index (κ2) is 6.17. The van der Waals surface area contributed by atoms with Gasteiger partial charge in [0.05, 0.1) is 11.3 Å². The van der Waals surface area contributed by atoms with Crippen LogP contribution in [0.4, 0.5) is 10.1 Å². The van der Waals surface area contributed by atoms with E-state index in [0.717, 1.165) is 11.0 Å². The minimum Gasteiger partial charge on any atom is -0.544 e. The molecule has 0 aromatic heterocycles. The number of rotatable bonds is 3. The SMILES string of the molecule is O=C([O-])[C@@H]1[NH2+][C@H](c2ccccc2O)[C@H]2C(=O)N(c3cccc(F)c3)C(=O)[C@@H]21. The Morgan fingerprint density at radius 2 is 1.78 bits per heavy atom. The lowest BCUT2D eigenvalue weighted by Crippen LogP contribution is -2.92. The summed E-state index contributed by atoms with van der Waals surface area (Å²) in [6.45, 7) is 0. The van der Waals surface area contributed by atoms with Crippen molar-refractivity contribution in [1.82, 2.24) is 0 Å². The number of fused-ring (bicyclic) bond motifs is 1. The Hall–Kier alpha value is -3.26. The fourth-order valence-corrected chi connectivity index (χ4v) is 4.09. The van der Waals surface area contributed by atoms with Crippen LogP contribution in [0.5, 0.6) is 5.75 Å². The van der Waals surface area contributed by atoms with Crippen LogP contribution in [0.25, 0.3) is 0 Å². The van der Waals surface area contributed by atoms with Gasteiger partial charge in [-0.05, 0) is 30.3 Å². The summed E-state index contributed by atoms with van der Waals surface area (Å²) in [5, 5.41) is 23.1. The molecule has 2 saturated heterocycles. The van der Waals surface area contributed by atoms with Crippen molar-refractivity contribution in [3.8, 4) is 5.75 Å². The number of hydrogen-bond acceptors (Lipinski definition) is 5. The number of nitrogens with zero attached hydrogens (tertiary/aromatic N) is 1. The normalized spacial score (nSPS) is 27.1. The maximum absolute atomic E-state index is 13.6. The molecule has 2 aromatic rings. The second-order valence-electron chi connectivity index (χ2n) is 6.67. The molecule has 7 nitrogen and oxygen atoms in total. The number of anilines is 1. The molecule has 0 unspecified atom stereocenters. The molecule has 4 rings (SSSR count). The number of aliphatic carboxylic acids is 1. The first-order chi connectivity index (χ1) is 12.9. The lowest BCUT2D eigenvalue weighted by molar-refractivity contribution is -0.705. The summed E-state index contributed by atoms with van der Waals surface area (Å²) in [6.07, 6.45) is 0. The molecule has 0 spiro atoms. The molecule has 0 bridgehead atoms. The molecule has 2 aromatic carbocycles. The van der Waals surface area contributed by atoms with Crippen molar-refractivity contribution in [2.75, 3.05) is 4.90 Å². The number of amides is 2. The second-order valence-corrected chi connectivity index (χ2v) is 6.67. The highest BCUT2D eigenvalue weighted by Gasteiger charge is 2.63. The molecule has 0 radical (unpaired) electrons. The van der Waals surface area contributed by atoms with Gasteiger partial charge in [0.25, 0.3) is 0 Å². The van der Waals surface area contributed by atoms with E-state index in [1.165, 1.54) is 29.6 Å². The van der Waals surface area contributed by atoms with Crippen molar-refractivity contribution in [3.63, 3.8) is 0 Å². The summed E-state index contributed by atoms with van der Waals surface area (Å²) in [5.74, 6) is -5.67. The number of aromatic hydroxyl groups is 1. The molecule has 2 fully saturated rings. The maximum Gasteiger partial charge on any atom is 0.244 e. The van der Waals surface area contributed by atoms with Crippen LogP contribution in [0.1, 0.15) is 11.6 Å². The highest BCUT2D eigenvalue weighted by atomic mass is 19.1. The number of benzene rings is 2. The minimum absolute atomic E-state index is 0.0486. The van der Waals surface area contributed by atoms with Crippen LogP contribution in [-0.4, -0.2) is 28.9 Å². The van der Waals surface area contributed by atoms with Crippen molar-refractivity contribution in [3.05, 3.63) is 59.9 Å². The molecular formula is C19H15FN2O5. The van der Waals surface area contributed by atoms with Gasteiger partial charge in [-0.25, -0.2) is 9.29 Å². The van der Waals surface area contributed by atoms with Gasteiger partial charge in [-0.15, -0.1) is 0 Å². The molecule has 0 saturated carbocycles. The lowest BCUT2D eigenvalue weighted by atomic mass is 9.86. The molecule has 138 valence electrons. The van der Waals surface area contributed by atoms with Crippen LogP contribution >= 0.6 is 0 Å². The number of carboxylic acids is 1. The summed E-state index contributed by atoms with van der Waals surface area (Å²) in [7, 11) is 0. The zero-order chi connectivity index (χ0) is 19.3. The van der Waals surface area contributed by atoms with E-state index in [-0.39, 0.29) is 11.4 Å². The van der Waals surface area contributed by atoms with Gasteiger partial charge in [0.15, 0.2) is 0 Å². The number of phenolic OH excluding ortho intramolecular Hbond substituents is 1. The molecule has 0 aliphatic carbocycles. The Kier molecular flexibility index (Phi) is 3.92. The Bertz CT molecular complexity index is 963. The van der Waals surface area contributed by atoms with Crippen molar-refractivity contribution in [1.29, 1.82) is 0 Å². The summed E-state index contributed by atoms with van der Waals surface area (Å²) >= 11 is 0. The van der Waals surface area contributed by atoms with Gasteiger partial charge in [-0.2, -0.15) is 0 Å². The van der Waals surface area contributed by atoms with Crippen LogP contribution in [0.2, 0.25) is 0 Å². The largest absolute Gasteiger partial charge is 0.544 e. The average molecular weight is 370 g/mol. The number of hydrogen-bond donors (Lipinski definition) is 2. The monoisotopic (exact) mass is 370 g/mol. The van der Waals surface area contributed by atoms with Crippen LogP contribution < -0.4 is 15.3 Å². The quantitative estimate of drug-likeness (QED) is 0.678. The zero-order valence-corrected chi connectivity index (χ0v) is 13.9. The highest BCUT2D eigenvalue weighted by molar-refractivity contribution is 6.23. The smallest absolute Gasteiger partial charge is 0.244 e. The molecule has 27 heavy (non-hydrogen) atoms. The van der Waals surface area contributed by atoms with E-state index in [1.807, 2.05) is 0 Å². The number of halogens is 1. The van der Waals surface area contributed by atoms with E-state index in [9.17, 15) is 29.0 Å². The molecule has 3 N–H and O–H groups in total. The summed E-state index contributed by atoms with van der Waals surface area (Å²) in [6, 6.07) is 9.20. The number of imide groups is 1. The predicted molar refractivity (Wildman–Crippen MR) is 87.4 cm³/mol. The molecule has 8 heteroatoms. The number of quaternary nitrogens is 1. The predicted octanol–water partition coefficient (Wildman–Crippen LogP) is -0.926. The number of carbonyl (C=O) groups is 3. The van der Waals surface area contributed by atoms with Crippen molar-refractivity contribution in [2.24, 2.45) is 11.8 Å². The van der Waals surface area contributed by atoms with E-state index >= 15 is 0 Å². The number of carboxylic acid groups (broad SMARTS) is 1. The fraction of sp³-hybridized carbons (Fsp3) is 0.211. The van der Waals surface area contributed by atoms with Crippen molar-refractivity contribution < 1.29 is 34.3 Å². The summed E-state index contributed by atoms with van der Waals surface area (Å²) in [4.78, 5) is 38.4. The van der Waals surface area contributed by atoms with Crippen LogP contribution in [0, 0.1) is 17.7 Å². The molecule has 4 atom stereocenters. The van der Waals surface area contributed by atoms with E-state index in [0.29, 0.717) is 5.56 Å². The first-order valence-corrected chi connectivity index (χ1v) is 8.37. The van der Waals surface area contributed by atoms with Gasteiger partial charge < -0.3 is 20.3 Å². The highest BCUT2D eigenvalue weighted by Crippen LogP contribution is 2.43. The topological polar surface area (TPSA) is 114 Å². The number of phenols is 1. The average Bonchev–Trinajstić information content (AvgIpc) is 3.13. The third-order valence-corrected chi connectivity index (χ3v) is 5.22. The van der Waals surface area contributed by atoms with Gasteiger partial charge in [0.1, 0.15) is 41.5 Å². The van der Waals surface area contributed by atoms with E-state index < -0.39 is 47.5 Å². The standard InChI is InChI=1S/C19H15FN2O5/c20-9-4-3-5-10(8-9)22-17(24)13-14(18(22)25)16(19(26)27)21-15(13)11-6-1-2-7-12(11)23/h1-8,13-16,21,23H,(H,26,27)/t13-,14-,15+,16+/m0/s1. The van der Waals surface area contributed by atoms with Gasteiger partial charge in [-0.3, -0.25) is 9.59 Å². The Balaban J connectivity index is 1.80. The Labute approximate surface area is 153 Å². The maximum atomic E-state index is 13.6. The molecule has 2 heterocycles. The molecule has 2 aliphatic rings. The van der Waals surface area contributed by atoms with Crippen LogP contribution in [-0.2, 0) is 14.4 Å². The lowest BCUT2D eigenvalue weighted by Gasteiger charge is -2.21. The number of para-hydroxylation sites is 1. The van der Waals surface area contributed by atoms with Crippen molar-refractivity contribution in [2.45, 2.75) is 12.1 Å². The van der Waals surface area contributed by atoms with E-state index in [4.69, 9.17) is 0 Å². The van der Waals surface area contributed by atoms with Crippen molar-refractivity contribution >= 4 is 23.5 Å². The van der Waals surface area contributed by atoms with Gasteiger partial charge in [0, 0.05) is 0 Å². The van der Waals surface area contributed by atoms with E-state index in [2.05, 4.69) is 0 Å². The molecular weight excluding hydrogens is 355 g/mol. The van der Waals surface area contributed by atoms with Crippen LogP contribution in [0.3, 0.4) is 0 Å². The Morgan fingerprint density at radius 3 is 2.44 bits per heavy atom. The number of nitrogens with two attached hydrogens (primary N) is 1. The van der Waals surface area contributed by atoms with E-state index in [1.54, 1.807) is 18.2 Å². The summed E-state index contributed by atoms with van der Waals surface area (Å²) in [5.41, 5.74) is 0.408. The van der Waals surface area contributed by atoms with Gasteiger partial charge in [0.2, 0.25) is 11.8 Å². The summed E-state index contributed by atoms with van der Waals surface area (Å²) < 4.78 is 13.6. The first kappa shape index (κ1) is 17.2. The molecule has 2 aliphatic heterocycles. The number of carbonyl (C=O) groups excluding carboxylic acids is 3. The van der Waals surface area contributed by atoms with Gasteiger partial charge >= 0.3 is 0 Å². The third kappa shape index (κ3) is 2.57. The first-order valence-electron chi connectivity index (χ1n) is 8.37. The minimum atomic E-state index is -1.47. The van der Waals surface area contributed by atoms with Crippen LogP contribution in [0.15, 0.2) is 48.5 Å². The Morgan fingerprint density at radius 1 is 1.07 bits per heavy atom.